The van der Waals surface area contributed by atoms with Gasteiger partial charge in [0.05, 0.1) is 25.4 Å². The Morgan fingerprint density at radius 2 is 1.68 bits per heavy atom. The van der Waals surface area contributed by atoms with Gasteiger partial charge in [0.1, 0.15) is 17.8 Å². The fourth-order valence-electron chi connectivity index (χ4n) is 5.31. The van der Waals surface area contributed by atoms with Crippen LogP contribution in [0.5, 0.6) is 5.75 Å². The Morgan fingerprint density at radius 1 is 0.950 bits per heavy atom. The summed E-state index contributed by atoms with van der Waals surface area (Å²) in [6.45, 7) is 0.928. The van der Waals surface area contributed by atoms with E-state index in [1.165, 1.54) is 0 Å². The maximum Gasteiger partial charge on any atom is 0.321 e. The van der Waals surface area contributed by atoms with E-state index in [1.54, 1.807) is 65.4 Å². The fourth-order valence-corrected chi connectivity index (χ4v) is 5.31. The average molecular weight is 539 g/mol. The minimum absolute atomic E-state index is 0.0932. The van der Waals surface area contributed by atoms with Crippen molar-refractivity contribution >= 4 is 34.9 Å². The molecule has 2 N–H and O–H groups in total. The maximum atomic E-state index is 13.9. The van der Waals surface area contributed by atoms with E-state index in [2.05, 4.69) is 21.6 Å². The molecule has 2 heterocycles. The van der Waals surface area contributed by atoms with Gasteiger partial charge in [-0.1, -0.05) is 24.3 Å². The van der Waals surface area contributed by atoms with Crippen LogP contribution in [0.1, 0.15) is 18.4 Å². The first-order chi connectivity index (χ1) is 19.4. The first-order valence-electron chi connectivity index (χ1n) is 13.0. The summed E-state index contributed by atoms with van der Waals surface area (Å²) in [6, 6.07) is 25.2. The minimum Gasteiger partial charge on any atom is -0.497 e. The number of anilines is 3. The molecule has 5 rings (SSSR count). The molecule has 3 aromatic carbocycles. The van der Waals surface area contributed by atoms with Crippen LogP contribution in [0, 0.1) is 11.3 Å². The number of ether oxygens (including phenoxy) is 1. The highest BCUT2D eigenvalue weighted by Crippen LogP contribution is 2.39. The molecule has 4 amide bonds. The van der Waals surface area contributed by atoms with Gasteiger partial charge in [0.2, 0.25) is 5.91 Å². The lowest BCUT2D eigenvalue weighted by Crippen LogP contribution is -2.58. The van der Waals surface area contributed by atoms with Crippen LogP contribution in [0.2, 0.25) is 0 Å². The van der Waals surface area contributed by atoms with Crippen molar-refractivity contribution in [2.45, 2.75) is 18.4 Å². The van der Waals surface area contributed by atoms with E-state index < -0.39 is 5.54 Å². The molecule has 10 heteroatoms. The molecule has 0 aliphatic carbocycles. The number of para-hydroxylation sites is 1. The summed E-state index contributed by atoms with van der Waals surface area (Å²) in [6.07, 6.45) is 0.852. The predicted octanol–water partition coefficient (Wildman–Crippen LogP) is 3.88. The van der Waals surface area contributed by atoms with Crippen LogP contribution in [-0.2, 0) is 9.59 Å². The smallest absolute Gasteiger partial charge is 0.321 e. The summed E-state index contributed by atoms with van der Waals surface area (Å²) >= 11 is 0. The van der Waals surface area contributed by atoms with Gasteiger partial charge in [-0.3, -0.25) is 9.59 Å². The molecular formula is C30H30N6O4. The van der Waals surface area contributed by atoms with Crippen molar-refractivity contribution in [3.05, 3.63) is 84.4 Å². The van der Waals surface area contributed by atoms with Gasteiger partial charge in [-0.15, -0.1) is 0 Å². The van der Waals surface area contributed by atoms with Crippen molar-refractivity contribution < 1.29 is 19.1 Å². The van der Waals surface area contributed by atoms with Crippen molar-refractivity contribution in [3.8, 4) is 11.8 Å². The molecule has 0 atom stereocenters. The summed E-state index contributed by atoms with van der Waals surface area (Å²) in [7, 11) is 1.56. The number of likely N-dealkylation sites (tertiary alicyclic amines) is 1. The maximum absolute atomic E-state index is 13.9. The lowest BCUT2D eigenvalue weighted by atomic mass is 9.85. The van der Waals surface area contributed by atoms with Crippen molar-refractivity contribution in [3.63, 3.8) is 0 Å². The van der Waals surface area contributed by atoms with E-state index in [0.717, 1.165) is 5.69 Å². The SMILES string of the molecule is COc1cccc(NC(=O)CN2CN(c3ccccc3)C3(CCN(C(=O)Nc4ccc(C#N)cc4)CC3)C2=O)c1. The molecule has 3 aromatic rings. The number of benzene rings is 3. The van der Waals surface area contributed by atoms with Crippen LogP contribution >= 0.6 is 0 Å². The molecule has 2 saturated heterocycles. The second kappa shape index (κ2) is 11.4. The second-order valence-electron chi connectivity index (χ2n) is 9.83. The Bertz CT molecular complexity index is 1430. The number of nitriles is 1. The Labute approximate surface area is 232 Å². The van der Waals surface area contributed by atoms with Crippen molar-refractivity contribution in [2.24, 2.45) is 0 Å². The zero-order valence-electron chi connectivity index (χ0n) is 22.2. The lowest BCUT2D eigenvalue weighted by molar-refractivity contribution is -0.136. The Balaban J connectivity index is 1.29. The van der Waals surface area contributed by atoms with E-state index in [4.69, 9.17) is 10.00 Å². The topological polar surface area (TPSA) is 118 Å². The minimum atomic E-state index is -0.858. The monoisotopic (exact) mass is 538 g/mol. The number of urea groups is 1. The number of nitrogens with one attached hydrogen (secondary N) is 2. The highest BCUT2D eigenvalue weighted by atomic mass is 16.5. The molecule has 1 spiro atoms. The molecule has 2 aliphatic heterocycles. The summed E-state index contributed by atoms with van der Waals surface area (Å²) in [4.78, 5) is 45.2. The number of piperidine rings is 1. The third kappa shape index (κ3) is 5.40. The largest absolute Gasteiger partial charge is 0.497 e. The van der Waals surface area contributed by atoms with Crippen LogP contribution in [-0.4, -0.2) is 66.6 Å². The van der Waals surface area contributed by atoms with Gasteiger partial charge in [0, 0.05) is 36.2 Å². The number of hydrogen-bond acceptors (Lipinski definition) is 6. The molecule has 0 aromatic heterocycles. The number of rotatable bonds is 6. The van der Waals surface area contributed by atoms with Crippen molar-refractivity contribution in [1.82, 2.24) is 9.80 Å². The van der Waals surface area contributed by atoms with Gasteiger partial charge in [-0.25, -0.2) is 4.79 Å². The van der Waals surface area contributed by atoms with Gasteiger partial charge in [-0.05, 0) is 61.4 Å². The van der Waals surface area contributed by atoms with E-state index in [9.17, 15) is 14.4 Å². The molecule has 40 heavy (non-hydrogen) atoms. The molecule has 2 fully saturated rings. The highest BCUT2D eigenvalue weighted by Gasteiger charge is 2.54. The van der Waals surface area contributed by atoms with Crippen LogP contribution in [0.4, 0.5) is 21.9 Å². The van der Waals surface area contributed by atoms with Crippen LogP contribution in [0.3, 0.4) is 0 Å². The highest BCUT2D eigenvalue weighted by molar-refractivity contribution is 5.99. The van der Waals surface area contributed by atoms with Crippen molar-refractivity contribution in [2.75, 3.05) is 48.9 Å². The standard InChI is InChI=1S/C30H30N6O4/c1-40-26-9-5-6-24(18-26)32-27(37)20-35-21-36(25-7-3-2-4-8-25)30(28(35)38)14-16-34(17-15-30)29(39)33-23-12-10-22(19-31)11-13-23/h2-13,18H,14-17,20-21H2,1H3,(H,32,37)(H,33,39). The molecule has 0 unspecified atom stereocenters. The van der Waals surface area contributed by atoms with Crippen LogP contribution in [0.15, 0.2) is 78.9 Å². The van der Waals surface area contributed by atoms with Gasteiger partial charge < -0.3 is 30.1 Å². The Kier molecular flexibility index (Phi) is 7.55. The molecule has 0 radical (unpaired) electrons. The van der Waals surface area contributed by atoms with E-state index >= 15 is 0 Å². The van der Waals surface area contributed by atoms with Crippen LogP contribution < -0.4 is 20.3 Å². The zero-order chi connectivity index (χ0) is 28.1. The van der Waals surface area contributed by atoms with Gasteiger partial charge in [0.25, 0.3) is 5.91 Å². The fraction of sp³-hybridized carbons (Fsp3) is 0.267. The van der Waals surface area contributed by atoms with Crippen molar-refractivity contribution in [1.29, 1.82) is 5.26 Å². The first-order valence-corrected chi connectivity index (χ1v) is 13.0. The zero-order valence-corrected chi connectivity index (χ0v) is 22.2. The number of carbonyl (C=O) groups excluding carboxylic acids is 3. The normalized spacial score (nSPS) is 16.0. The average Bonchev–Trinajstić information content (AvgIpc) is 3.24. The molecule has 204 valence electrons. The van der Waals surface area contributed by atoms with Gasteiger partial charge in [0.15, 0.2) is 0 Å². The lowest BCUT2D eigenvalue weighted by Gasteiger charge is -2.43. The number of methoxy groups -OCH3 is 1. The van der Waals surface area contributed by atoms with Crippen LogP contribution in [0.25, 0.3) is 0 Å². The Morgan fingerprint density at radius 3 is 2.35 bits per heavy atom. The number of amides is 4. The van der Waals surface area contributed by atoms with E-state index in [-0.39, 0.29) is 31.1 Å². The molecular weight excluding hydrogens is 508 g/mol. The quantitative estimate of drug-likeness (QED) is 0.492. The number of carbonyl (C=O) groups is 3. The molecule has 0 saturated carbocycles. The predicted molar refractivity (Wildman–Crippen MR) is 151 cm³/mol. The molecule has 2 aliphatic rings. The van der Waals surface area contributed by atoms with Gasteiger partial charge in [-0.2, -0.15) is 5.26 Å². The molecule has 10 nitrogen and oxygen atoms in total. The first kappa shape index (κ1) is 26.6. The summed E-state index contributed by atoms with van der Waals surface area (Å²) < 4.78 is 5.23. The summed E-state index contributed by atoms with van der Waals surface area (Å²) in [5.74, 6) is 0.203. The van der Waals surface area contributed by atoms with E-state index in [1.807, 2.05) is 30.3 Å². The number of hydrogen-bond donors (Lipinski definition) is 2. The third-order valence-corrected chi connectivity index (χ3v) is 7.41. The summed E-state index contributed by atoms with van der Waals surface area (Å²) in [5, 5.41) is 14.7. The van der Waals surface area contributed by atoms with Gasteiger partial charge >= 0.3 is 6.03 Å². The number of nitrogens with zero attached hydrogens (tertiary/aromatic N) is 4. The van der Waals surface area contributed by atoms with E-state index in [0.29, 0.717) is 48.6 Å². The third-order valence-electron chi connectivity index (χ3n) is 7.41. The molecule has 0 bridgehead atoms. The Hall–Kier alpha value is -5.04. The second-order valence-corrected chi connectivity index (χ2v) is 9.83. The summed E-state index contributed by atoms with van der Waals surface area (Å²) in [5.41, 5.74) is 1.73.